The van der Waals surface area contributed by atoms with Crippen molar-refractivity contribution in [1.29, 1.82) is 0 Å². The standard InChI is InChI=1S/C56H99N13O11/c1-11-13-14-15-19-22-44(71)61-38(23-26-57)50(74)68-46(35(9)12-2)56(80)63-39(24-27-58)49(73)65-43(31-37-20-17-16-18-21-37)53(77)64-41(29-32(3)4)52(76)62-40(25-28-59)51(75)67-45(34(7)8)55(79)66-42(30-33(5)6)54(78)69-47(36(10)70)48(60)72/h16-18,20-21,32-36,38-43,45-47,70H,11-15,19,22-31,57-59H2,1-10H3,(H2,60,72)(H,61,71)(H,62,76)(H,63,80)(H,64,77)(H,65,73)(H,66,79)(H,67,75)(H,68,74)(H,69,78)/t35-,36+,38-,39-,40-,41-,42-,43+,45+,46-,47-/m0/s1. The van der Waals surface area contributed by atoms with Crippen LogP contribution in [0.4, 0.5) is 0 Å². The number of benzene rings is 1. The van der Waals surface area contributed by atoms with E-state index in [1.54, 1.807) is 51.1 Å². The Kier molecular flexibility index (Phi) is 34.5. The molecule has 1 rings (SSSR count). The number of unbranched alkanes of at least 4 members (excludes halogenated alkanes) is 4. The molecular formula is C56H99N13O11. The van der Waals surface area contributed by atoms with Crippen molar-refractivity contribution in [3.8, 4) is 0 Å². The lowest BCUT2D eigenvalue weighted by atomic mass is 9.97. The molecule has 1 aromatic rings. The minimum absolute atomic E-state index is 0.0565. The number of primary amides is 1. The van der Waals surface area contributed by atoms with Gasteiger partial charge in [-0.05, 0) is 94.3 Å². The van der Waals surface area contributed by atoms with E-state index in [1.807, 2.05) is 34.6 Å². The van der Waals surface area contributed by atoms with E-state index < -0.39 is 125 Å². The summed E-state index contributed by atoms with van der Waals surface area (Å²) in [5.41, 5.74) is 23.8. The van der Waals surface area contributed by atoms with Gasteiger partial charge in [-0.25, -0.2) is 0 Å². The number of amides is 10. The van der Waals surface area contributed by atoms with Crippen LogP contribution in [0.25, 0.3) is 0 Å². The van der Waals surface area contributed by atoms with Gasteiger partial charge in [0.15, 0.2) is 0 Å². The van der Waals surface area contributed by atoms with Gasteiger partial charge < -0.3 is 75.9 Å². The second-order valence-corrected chi connectivity index (χ2v) is 22.0. The van der Waals surface area contributed by atoms with Gasteiger partial charge in [0.05, 0.1) is 6.10 Å². The molecule has 0 aliphatic carbocycles. The van der Waals surface area contributed by atoms with E-state index >= 15 is 0 Å². The average molecular weight is 1130 g/mol. The summed E-state index contributed by atoms with van der Waals surface area (Å²) in [5, 5.41) is 34.2. The van der Waals surface area contributed by atoms with Gasteiger partial charge in [0.2, 0.25) is 59.1 Å². The quantitative estimate of drug-likeness (QED) is 0.0374. The summed E-state index contributed by atoms with van der Waals surface area (Å²) < 4.78 is 0. The molecule has 0 saturated heterocycles. The lowest BCUT2D eigenvalue weighted by molar-refractivity contribution is -0.137. The summed E-state index contributed by atoms with van der Waals surface area (Å²) in [4.78, 5) is 137. The average Bonchev–Trinajstić information content (AvgIpc) is 3.38. The number of carbonyl (C=O) groups excluding carboxylic acids is 10. The largest absolute Gasteiger partial charge is 0.391 e. The van der Waals surface area contributed by atoms with Crippen LogP contribution in [0.1, 0.15) is 152 Å². The van der Waals surface area contributed by atoms with Gasteiger partial charge in [-0.3, -0.25) is 47.9 Å². The molecule has 0 bridgehead atoms. The minimum Gasteiger partial charge on any atom is -0.391 e. The fraction of sp³-hybridized carbons (Fsp3) is 0.714. The van der Waals surface area contributed by atoms with Crippen LogP contribution in [0.15, 0.2) is 30.3 Å². The molecule has 0 unspecified atom stereocenters. The molecule has 0 fully saturated rings. The maximum absolute atomic E-state index is 14.5. The van der Waals surface area contributed by atoms with Crippen molar-refractivity contribution < 1.29 is 53.1 Å². The lowest BCUT2D eigenvalue weighted by Crippen LogP contribution is -2.62. The number of nitrogens with one attached hydrogen (secondary N) is 9. The Morgan fingerprint density at radius 2 is 0.850 bits per heavy atom. The molecule has 0 aromatic heterocycles. The van der Waals surface area contributed by atoms with Crippen LogP contribution >= 0.6 is 0 Å². The predicted octanol–water partition coefficient (Wildman–Crippen LogP) is -0.340. The Morgan fingerprint density at radius 1 is 0.463 bits per heavy atom. The Morgan fingerprint density at radius 3 is 1.31 bits per heavy atom. The topological polar surface area (TPSA) is 403 Å². The van der Waals surface area contributed by atoms with Crippen molar-refractivity contribution in [3.63, 3.8) is 0 Å². The third-order valence-electron chi connectivity index (χ3n) is 13.5. The first-order valence-corrected chi connectivity index (χ1v) is 28.6. The summed E-state index contributed by atoms with van der Waals surface area (Å²) in [5.74, 6) is -8.54. The molecular weight excluding hydrogens is 1030 g/mol. The number of carbonyl (C=O) groups is 10. The van der Waals surface area contributed by atoms with Gasteiger partial charge in [-0.1, -0.05) is 125 Å². The van der Waals surface area contributed by atoms with Crippen molar-refractivity contribution >= 4 is 59.1 Å². The molecule has 454 valence electrons. The van der Waals surface area contributed by atoms with Crippen molar-refractivity contribution in [2.45, 2.75) is 213 Å². The maximum atomic E-state index is 14.5. The molecule has 80 heavy (non-hydrogen) atoms. The summed E-state index contributed by atoms with van der Waals surface area (Å²) in [6.45, 7) is 17.5. The highest BCUT2D eigenvalue weighted by Gasteiger charge is 2.37. The van der Waals surface area contributed by atoms with Crippen LogP contribution in [0.2, 0.25) is 0 Å². The van der Waals surface area contributed by atoms with Crippen LogP contribution in [-0.4, -0.2) is 144 Å². The Bertz CT molecular complexity index is 2110. The third kappa shape index (κ3) is 26.8. The van der Waals surface area contributed by atoms with Crippen molar-refractivity contribution in [1.82, 2.24) is 47.9 Å². The normalized spacial score (nSPS) is 15.5. The first-order valence-electron chi connectivity index (χ1n) is 28.6. The fourth-order valence-corrected chi connectivity index (χ4v) is 8.69. The molecule has 0 spiro atoms. The molecule has 0 heterocycles. The molecule has 11 atom stereocenters. The fourth-order valence-electron chi connectivity index (χ4n) is 8.69. The summed E-state index contributed by atoms with van der Waals surface area (Å²) in [6, 6.07) is -2.48. The third-order valence-corrected chi connectivity index (χ3v) is 13.5. The highest BCUT2D eigenvalue weighted by Crippen LogP contribution is 2.14. The number of aliphatic hydroxyl groups excluding tert-OH is 1. The van der Waals surface area contributed by atoms with E-state index in [0.29, 0.717) is 18.4 Å². The van der Waals surface area contributed by atoms with E-state index in [0.717, 1.165) is 25.7 Å². The Balaban J connectivity index is 3.47. The smallest absolute Gasteiger partial charge is 0.243 e. The minimum atomic E-state index is -1.43. The molecule has 0 radical (unpaired) electrons. The number of rotatable bonds is 40. The van der Waals surface area contributed by atoms with Crippen LogP contribution in [-0.2, 0) is 54.4 Å². The summed E-state index contributed by atoms with van der Waals surface area (Å²) >= 11 is 0. The maximum Gasteiger partial charge on any atom is 0.243 e. The molecule has 10 amide bonds. The molecule has 0 saturated carbocycles. The van der Waals surface area contributed by atoms with E-state index in [9.17, 15) is 53.1 Å². The Hall–Kier alpha value is -6.24. The summed E-state index contributed by atoms with van der Waals surface area (Å²) in [6.07, 6.45) is 4.12. The number of hydrogen-bond acceptors (Lipinski definition) is 14. The van der Waals surface area contributed by atoms with Gasteiger partial charge in [-0.15, -0.1) is 0 Å². The predicted molar refractivity (Wildman–Crippen MR) is 306 cm³/mol. The number of hydrogen-bond donors (Lipinski definition) is 14. The zero-order valence-corrected chi connectivity index (χ0v) is 49.1. The van der Waals surface area contributed by atoms with Gasteiger partial charge in [0.1, 0.15) is 54.4 Å². The van der Waals surface area contributed by atoms with E-state index in [4.69, 9.17) is 22.9 Å². The monoisotopic (exact) mass is 1130 g/mol. The molecule has 24 nitrogen and oxygen atoms in total. The van der Waals surface area contributed by atoms with E-state index in [-0.39, 0.29) is 82.3 Å². The van der Waals surface area contributed by atoms with Crippen molar-refractivity contribution in [2.24, 2.45) is 46.6 Å². The molecule has 1 aromatic carbocycles. The molecule has 0 aliphatic heterocycles. The highest BCUT2D eigenvalue weighted by molar-refractivity contribution is 5.98. The Labute approximate surface area is 473 Å². The van der Waals surface area contributed by atoms with Crippen LogP contribution in [0.3, 0.4) is 0 Å². The SMILES string of the molecule is CCCCCCCC(=O)N[C@@H](CCN)C(=O)N[C@H](C(=O)N[C@@H](CCN)C(=O)N[C@H](Cc1ccccc1)C(=O)N[C@@H](CC(C)C)C(=O)N[C@@H](CCN)C(=O)N[C@@H](C(=O)N[C@@H](CC(C)C)C(=O)N[C@H](C(N)=O)[C@@H](C)O)C(C)C)[C@@H](C)CC. The number of nitrogens with two attached hydrogens (primary N) is 4. The second-order valence-electron chi connectivity index (χ2n) is 22.0. The van der Waals surface area contributed by atoms with Crippen LogP contribution in [0.5, 0.6) is 0 Å². The van der Waals surface area contributed by atoms with Crippen molar-refractivity contribution in [2.75, 3.05) is 19.6 Å². The molecule has 18 N–H and O–H groups in total. The van der Waals surface area contributed by atoms with Gasteiger partial charge in [-0.2, -0.15) is 0 Å². The van der Waals surface area contributed by atoms with Gasteiger partial charge >= 0.3 is 0 Å². The first-order chi connectivity index (χ1) is 37.7. The van der Waals surface area contributed by atoms with Gasteiger partial charge in [0.25, 0.3) is 0 Å². The highest BCUT2D eigenvalue weighted by atomic mass is 16.3. The van der Waals surface area contributed by atoms with E-state index in [1.165, 1.54) is 6.92 Å². The molecule has 24 heteroatoms. The van der Waals surface area contributed by atoms with Crippen LogP contribution in [0, 0.1) is 23.7 Å². The zero-order valence-electron chi connectivity index (χ0n) is 49.1. The first kappa shape index (κ1) is 71.8. The van der Waals surface area contributed by atoms with E-state index in [2.05, 4.69) is 54.8 Å². The lowest BCUT2D eigenvalue weighted by Gasteiger charge is -2.30. The van der Waals surface area contributed by atoms with Crippen molar-refractivity contribution in [3.05, 3.63) is 35.9 Å². The zero-order chi connectivity index (χ0) is 60.6. The molecule has 0 aliphatic rings. The summed E-state index contributed by atoms with van der Waals surface area (Å²) in [7, 11) is 0. The second kappa shape index (κ2) is 38.4. The number of aliphatic hydroxyl groups is 1. The van der Waals surface area contributed by atoms with Gasteiger partial charge in [0, 0.05) is 12.8 Å². The van der Waals surface area contributed by atoms with Crippen LogP contribution < -0.4 is 70.8 Å².